The largest absolute Gasteiger partial charge is 0.379 e. The third-order valence-corrected chi connectivity index (χ3v) is 4.31. The molecule has 0 bridgehead atoms. The second-order valence-electron chi connectivity index (χ2n) is 5.98. The van der Waals surface area contributed by atoms with Crippen LogP contribution in [0.3, 0.4) is 0 Å². The molecule has 134 valence electrons. The van der Waals surface area contributed by atoms with Crippen LogP contribution < -0.4 is 5.32 Å². The van der Waals surface area contributed by atoms with Crippen molar-refractivity contribution < 1.29 is 18.4 Å². The number of aromatic nitrogens is 1. The Bertz CT molecular complexity index is 696. The molecule has 25 heavy (non-hydrogen) atoms. The van der Waals surface area contributed by atoms with E-state index in [1.807, 2.05) is 6.92 Å². The molecule has 1 aromatic carbocycles. The first-order valence-corrected chi connectivity index (χ1v) is 8.48. The number of hydrogen-bond donors (Lipinski definition) is 1. The van der Waals surface area contributed by atoms with Crippen molar-refractivity contribution in [1.82, 2.24) is 15.4 Å². The molecule has 1 amide bonds. The van der Waals surface area contributed by atoms with E-state index >= 15 is 0 Å². The summed E-state index contributed by atoms with van der Waals surface area (Å²) in [7, 11) is 0. The molecule has 1 atom stereocenters. The number of carbonyl (C=O) groups excluding carboxylic acids is 1. The summed E-state index contributed by atoms with van der Waals surface area (Å²) in [5.41, 5.74) is 1.38. The van der Waals surface area contributed by atoms with Crippen molar-refractivity contribution in [2.24, 2.45) is 0 Å². The number of nitrogens with one attached hydrogen (secondary N) is 1. The lowest BCUT2D eigenvalue weighted by atomic mass is 10.1. The molecule has 1 saturated heterocycles. The van der Waals surface area contributed by atoms with Crippen LogP contribution in [0.15, 0.2) is 34.9 Å². The monoisotopic (exact) mass is 347 g/mol. The predicted octanol–water partition coefficient (Wildman–Crippen LogP) is 2.21. The number of carbonyl (C=O) groups is 1. The van der Waals surface area contributed by atoms with Crippen molar-refractivity contribution in [3.63, 3.8) is 0 Å². The van der Waals surface area contributed by atoms with Crippen molar-refractivity contribution in [3.8, 4) is 11.3 Å². The molecular formula is C18H22FN3O3. The standard InChI is InChI=1S/C18H22FN3O3/c1-2-17(22-7-9-24-10-8-22)18(23)20-12-15-11-16(21-25-15)13-3-5-14(19)6-4-13/h3-6,11,17H,2,7-10,12H2,1H3,(H,20,23)/t17-/m1/s1. The fourth-order valence-electron chi connectivity index (χ4n) is 2.94. The highest BCUT2D eigenvalue weighted by atomic mass is 19.1. The smallest absolute Gasteiger partial charge is 0.237 e. The van der Waals surface area contributed by atoms with Crippen molar-refractivity contribution in [2.75, 3.05) is 26.3 Å². The third-order valence-electron chi connectivity index (χ3n) is 4.31. The highest BCUT2D eigenvalue weighted by Crippen LogP contribution is 2.19. The number of halogens is 1. The zero-order valence-electron chi connectivity index (χ0n) is 14.2. The molecule has 0 saturated carbocycles. The van der Waals surface area contributed by atoms with Gasteiger partial charge in [0.2, 0.25) is 5.91 Å². The molecule has 1 aliphatic heterocycles. The van der Waals surface area contributed by atoms with Crippen molar-refractivity contribution in [1.29, 1.82) is 0 Å². The van der Waals surface area contributed by atoms with Gasteiger partial charge in [-0.2, -0.15) is 0 Å². The van der Waals surface area contributed by atoms with Crippen LogP contribution in [0, 0.1) is 5.82 Å². The summed E-state index contributed by atoms with van der Waals surface area (Å²) in [6.07, 6.45) is 0.739. The average molecular weight is 347 g/mol. The summed E-state index contributed by atoms with van der Waals surface area (Å²) in [5, 5.41) is 6.88. The maximum atomic E-state index is 13.0. The molecule has 1 fully saturated rings. The lowest BCUT2D eigenvalue weighted by Gasteiger charge is -2.32. The molecule has 0 unspecified atom stereocenters. The zero-order valence-corrected chi connectivity index (χ0v) is 14.2. The van der Waals surface area contributed by atoms with Crippen LogP contribution in [-0.2, 0) is 16.1 Å². The molecule has 1 aromatic heterocycles. The Hall–Kier alpha value is -2.25. The second kappa shape index (κ2) is 8.22. The Labute approximate surface area is 145 Å². The van der Waals surface area contributed by atoms with Crippen LogP contribution in [0.25, 0.3) is 11.3 Å². The Morgan fingerprint density at radius 1 is 1.32 bits per heavy atom. The van der Waals surface area contributed by atoms with Crippen LogP contribution in [0.4, 0.5) is 4.39 Å². The van der Waals surface area contributed by atoms with Gasteiger partial charge in [0.25, 0.3) is 0 Å². The molecule has 1 N–H and O–H groups in total. The van der Waals surface area contributed by atoms with Gasteiger partial charge in [0, 0.05) is 24.7 Å². The molecule has 2 heterocycles. The molecule has 3 rings (SSSR count). The molecule has 0 aliphatic carbocycles. The first-order valence-electron chi connectivity index (χ1n) is 8.48. The van der Waals surface area contributed by atoms with Crippen LogP contribution in [0.1, 0.15) is 19.1 Å². The maximum Gasteiger partial charge on any atom is 0.237 e. The Morgan fingerprint density at radius 3 is 2.72 bits per heavy atom. The number of benzene rings is 1. The lowest BCUT2D eigenvalue weighted by Crippen LogP contribution is -2.50. The number of ether oxygens (including phenoxy) is 1. The zero-order chi connectivity index (χ0) is 17.6. The van der Waals surface area contributed by atoms with Gasteiger partial charge in [-0.3, -0.25) is 9.69 Å². The number of amides is 1. The van der Waals surface area contributed by atoms with E-state index in [0.717, 1.165) is 25.1 Å². The minimum Gasteiger partial charge on any atom is -0.379 e. The van der Waals surface area contributed by atoms with E-state index in [1.54, 1.807) is 18.2 Å². The second-order valence-corrected chi connectivity index (χ2v) is 5.98. The first-order chi connectivity index (χ1) is 12.2. The quantitative estimate of drug-likeness (QED) is 0.868. The van der Waals surface area contributed by atoms with Gasteiger partial charge in [0.15, 0.2) is 5.76 Å². The minimum absolute atomic E-state index is 0.0240. The summed E-state index contributed by atoms with van der Waals surface area (Å²) in [6, 6.07) is 7.62. The molecule has 7 heteroatoms. The average Bonchev–Trinajstić information content (AvgIpc) is 3.11. The van der Waals surface area contributed by atoms with E-state index in [9.17, 15) is 9.18 Å². The normalized spacial score (nSPS) is 16.6. The molecule has 0 spiro atoms. The van der Waals surface area contributed by atoms with Gasteiger partial charge < -0.3 is 14.6 Å². The van der Waals surface area contributed by atoms with Gasteiger partial charge in [-0.05, 0) is 30.7 Å². The number of rotatable bonds is 6. The highest BCUT2D eigenvalue weighted by Gasteiger charge is 2.25. The number of hydrogen-bond acceptors (Lipinski definition) is 5. The van der Waals surface area contributed by atoms with Crippen molar-refractivity contribution >= 4 is 5.91 Å². The van der Waals surface area contributed by atoms with Gasteiger partial charge in [-0.15, -0.1) is 0 Å². The fraction of sp³-hybridized carbons (Fsp3) is 0.444. The van der Waals surface area contributed by atoms with E-state index in [-0.39, 0.29) is 24.3 Å². The summed E-state index contributed by atoms with van der Waals surface area (Å²) in [6.45, 7) is 5.13. The van der Waals surface area contributed by atoms with Gasteiger partial charge in [-0.25, -0.2) is 4.39 Å². The van der Waals surface area contributed by atoms with Crippen molar-refractivity contribution in [2.45, 2.75) is 25.9 Å². The number of nitrogens with zero attached hydrogens (tertiary/aromatic N) is 2. The van der Waals surface area contributed by atoms with Crippen molar-refractivity contribution in [3.05, 3.63) is 41.9 Å². The van der Waals surface area contributed by atoms with E-state index in [4.69, 9.17) is 9.26 Å². The first kappa shape index (κ1) is 17.6. The number of morpholine rings is 1. The topological polar surface area (TPSA) is 67.6 Å². The van der Waals surface area contributed by atoms with Crippen LogP contribution in [0.5, 0.6) is 0 Å². The Kier molecular flexibility index (Phi) is 5.78. The van der Waals surface area contributed by atoms with Crippen LogP contribution in [0.2, 0.25) is 0 Å². The SMILES string of the molecule is CC[C@H](C(=O)NCc1cc(-c2ccc(F)cc2)no1)N1CCOCC1. The van der Waals surface area contributed by atoms with Gasteiger partial charge in [-0.1, -0.05) is 12.1 Å². The highest BCUT2D eigenvalue weighted by molar-refractivity contribution is 5.81. The van der Waals surface area contributed by atoms with Crippen LogP contribution in [-0.4, -0.2) is 48.3 Å². The fourth-order valence-corrected chi connectivity index (χ4v) is 2.94. The predicted molar refractivity (Wildman–Crippen MR) is 90.2 cm³/mol. The third kappa shape index (κ3) is 4.43. The molecule has 1 aliphatic rings. The van der Waals surface area contributed by atoms with E-state index < -0.39 is 0 Å². The Balaban J connectivity index is 1.57. The van der Waals surface area contributed by atoms with E-state index in [1.165, 1.54) is 12.1 Å². The molecule has 6 nitrogen and oxygen atoms in total. The molecule has 2 aromatic rings. The molecular weight excluding hydrogens is 325 g/mol. The summed E-state index contributed by atoms with van der Waals surface area (Å²) < 4.78 is 23.6. The van der Waals surface area contributed by atoms with Gasteiger partial charge in [0.1, 0.15) is 11.5 Å². The van der Waals surface area contributed by atoms with Crippen LogP contribution >= 0.6 is 0 Å². The van der Waals surface area contributed by atoms with E-state index in [0.29, 0.717) is 24.7 Å². The Morgan fingerprint density at radius 2 is 2.04 bits per heavy atom. The maximum absolute atomic E-state index is 13.0. The summed E-state index contributed by atoms with van der Waals surface area (Å²) >= 11 is 0. The summed E-state index contributed by atoms with van der Waals surface area (Å²) in [4.78, 5) is 14.6. The van der Waals surface area contributed by atoms with Gasteiger partial charge in [0.05, 0.1) is 25.8 Å². The molecule has 0 radical (unpaired) electrons. The minimum atomic E-state index is -0.298. The van der Waals surface area contributed by atoms with E-state index in [2.05, 4.69) is 15.4 Å². The lowest BCUT2D eigenvalue weighted by molar-refractivity contribution is -0.128. The van der Waals surface area contributed by atoms with Gasteiger partial charge >= 0.3 is 0 Å². The summed E-state index contributed by atoms with van der Waals surface area (Å²) in [5.74, 6) is 0.238.